The number of hydrogen-bond donors (Lipinski definition) is 1. The van der Waals surface area contributed by atoms with Gasteiger partial charge < -0.3 is 15.0 Å². The monoisotopic (exact) mass is 393 g/mol. The molecule has 0 aromatic heterocycles. The molecule has 1 N–H and O–H groups in total. The van der Waals surface area contributed by atoms with Crippen molar-refractivity contribution in [3.63, 3.8) is 0 Å². The summed E-state index contributed by atoms with van der Waals surface area (Å²) in [5.41, 5.74) is -0.0854. The highest BCUT2D eigenvalue weighted by molar-refractivity contribution is 5.85. The summed E-state index contributed by atoms with van der Waals surface area (Å²) in [7, 11) is 0. The van der Waals surface area contributed by atoms with E-state index in [-0.39, 0.29) is 30.2 Å². The highest BCUT2D eigenvalue weighted by Crippen LogP contribution is 2.45. The molecule has 1 saturated carbocycles. The van der Waals surface area contributed by atoms with Gasteiger partial charge in [-0.2, -0.15) is 0 Å². The first-order chi connectivity index (χ1) is 11.2. The van der Waals surface area contributed by atoms with E-state index in [0.29, 0.717) is 23.8 Å². The van der Waals surface area contributed by atoms with Gasteiger partial charge >= 0.3 is 0 Å². The number of amides is 1. The van der Waals surface area contributed by atoms with E-state index in [0.717, 1.165) is 58.9 Å². The summed E-state index contributed by atoms with van der Waals surface area (Å²) in [5, 5.41) is 3.52. The summed E-state index contributed by atoms with van der Waals surface area (Å²) in [6.07, 6.45) is 4.85. The summed E-state index contributed by atoms with van der Waals surface area (Å²) in [6.45, 7) is 9.85. The zero-order chi connectivity index (χ0) is 15.9. The van der Waals surface area contributed by atoms with Crippen LogP contribution in [0.25, 0.3) is 0 Å². The van der Waals surface area contributed by atoms with Gasteiger partial charge in [-0.1, -0.05) is 19.8 Å². The molecule has 1 aliphatic carbocycles. The van der Waals surface area contributed by atoms with Crippen LogP contribution in [0.3, 0.4) is 0 Å². The Labute approximate surface area is 164 Å². The van der Waals surface area contributed by atoms with Crippen LogP contribution in [0.15, 0.2) is 0 Å². The lowest BCUT2D eigenvalue weighted by Crippen LogP contribution is -2.50. The Morgan fingerprint density at radius 1 is 1.16 bits per heavy atom. The van der Waals surface area contributed by atoms with Crippen molar-refractivity contribution in [1.29, 1.82) is 0 Å². The molecule has 4 rings (SSSR count). The molecule has 0 aromatic carbocycles. The molecule has 1 amide bonds. The lowest BCUT2D eigenvalue weighted by Gasteiger charge is -2.40. The molecule has 4 fully saturated rings. The summed E-state index contributed by atoms with van der Waals surface area (Å²) in [6, 6.07) is 0.524. The Morgan fingerprint density at radius 3 is 2.68 bits per heavy atom. The molecular formula is C18H33Cl2N3O2. The number of hydrogen-bond acceptors (Lipinski definition) is 4. The fraction of sp³-hybridized carbons (Fsp3) is 0.944. The van der Waals surface area contributed by atoms with Crippen molar-refractivity contribution < 1.29 is 9.53 Å². The Kier molecular flexibility index (Phi) is 7.43. The van der Waals surface area contributed by atoms with Gasteiger partial charge in [-0.3, -0.25) is 9.69 Å². The molecule has 7 heteroatoms. The number of halogens is 2. The average Bonchev–Trinajstić information content (AvgIpc) is 3.19. The highest BCUT2D eigenvalue weighted by atomic mass is 35.5. The van der Waals surface area contributed by atoms with Gasteiger partial charge in [-0.05, 0) is 31.2 Å². The number of rotatable bonds is 2. The van der Waals surface area contributed by atoms with E-state index >= 15 is 0 Å². The molecule has 3 aliphatic heterocycles. The molecule has 0 bridgehead atoms. The van der Waals surface area contributed by atoms with Crippen molar-refractivity contribution in [3.05, 3.63) is 0 Å². The van der Waals surface area contributed by atoms with Crippen LogP contribution >= 0.6 is 24.8 Å². The molecule has 2 unspecified atom stereocenters. The van der Waals surface area contributed by atoms with Gasteiger partial charge in [0.25, 0.3) is 0 Å². The van der Waals surface area contributed by atoms with Crippen molar-refractivity contribution in [2.75, 3.05) is 52.5 Å². The minimum atomic E-state index is -0.0854. The summed E-state index contributed by atoms with van der Waals surface area (Å²) in [5.74, 6) is 1.60. The molecular weight excluding hydrogens is 361 g/mol. The first-order valence-corrected chi connectivity index (χ1v) is 9.52. The Morgan fingerprint density at radius 2 is 1.92 bits per heavy atom. The van der Waals surface area contributed by atoms with Gasteiger partial charge in [0.05, 0.1) is 18.6 Å². The fourth-order valence-corrected chi connectivity index (χ4v) is 5.48. The quantitative estimate of drug-likeness (QED) is 0.776. The number of carbonyl (C=O) groups excluding carboxylic acids is 1. The van der Waals surface area contributed by atoms with Gasteiger partial charge in [0.2, 0.25) is 5.91 Å². The van der Waals surface area contributed by atoms with Crippen LogP contribution in [0.2, 0.25) is 0 Å². The van der Waals surface area contributed by atoms with E-state index in [1.165, 1.54) is 19.3 Å². The topological polar surface area (TPSA) is 44.8 Å². The van der Waals surface area contributed by atoms with Crippen molar-refractivity contribution in [2.24, 2.45) is 17.3 Å². The average molecular weight is 394 g/mol. The van der Waals surface area contributed by atoms with Crippen molar-refractivity contribution in [2.45, 2.75) is 38.6 Å². The Balaban J connectivity index is 0.00000113. The Bertz CT molecular complexity index is 462. The van der Waals surface area contributed by atoms with Crippen LogP contribution in [0.4, 0.5) is 0 Å². The molecule has 4 aliphatic rings. The summed E-state index contributed by atoms with van der Waals surface area (Å²) < 4.78 is 5.49. The zero-order valence-corrected chi connectivity index (χ0v) is 16.9. The molecule has 3 saturated heterocycles. The zero-order valence-electron chi connectivity index (χ0n) is 15.2. The van der Waals surface area contributed by atoms with Gasteiger partial charge in [0.1, 0.15) is 0 Å². The fourth-order valence-electron chi connectivity index (χ4n) is 5.48. The van der Waals surface area contributed by atoms with Crippen LogP contribution in [0.5, 0.6) is 0 Å². The van der Waals surface area contributed by atoms with Gasteiger partial charge in [0.15, 0.2) is 0 Å². The third-order valence-corrected chi connectivity index (χ3v) is 6.84. The Hall–Kier alpha value is -0.0700. The predicted octanol–water partition coefficient (Wildman–Crippen LogP) is 1.79. The highest BCUT2D eigenvalue weighted by Gasteiger charge is 2.53. The summed E-state index contributed by atoms with van der Waals surface area (Å²) in [4.78, 5) is 18.2. The van der Waals surface area contributed by atoms with E-state index in [1.54, 1.807) is 0 Å². The smallest absolute Gasteiger partial charge is 0.230 e. The number of likely N-dealkylation sites (tertiary alicyclic amines) is 1. The first-order valence-electron chi connectivity index (χ1n) is 9.52. The van der Waals surface area contributed by atoms with Crippen LogP contribution in [0.1, 0.15) is 32.6 Å². The maximum atomic E-state index is 13.4. The molecule has 25 heavy (non-hydrogen) atoms. The molecule has 0 radical (unpaired) electrons. The van der Waals surface area contributed by atoms with Gasteiger partial charge in [-0.15, -0.1) is 24.8 Å². The summed E-state index contributed by atoms with van der Waals surface area (Å²) >= 11 is 0. The van der Waals surface area contributed by atoms with E-state index in [2.05, 4.69) is 22.0 Å². The second-order valence-corrected chi connectivity index (χ2v) is 8.13. The molecule has 146 valence electrons. The lowest BCUT2D eigenvalue weighted by molar-refractivity contribution is -0.144. The number of fused-ring (bicyclic) bond motifs is 1. The minimum Gasteiger partial charge on any atom is -0.379 e. The predicted molar refractivity (Wildman–Crippen MR) is 104 cm³/mol. The van der Waals surface area contributed by atoms with Crippen molar-refractivity contribution in [3.8, 4) is 0 Å². The molecule has 3 heterocycles. The minimum absolute atomic E-state index is 0. The number of ether oxygens (including phenoxy) is 1. The molecule has 4 atom stereocenters. The number of morpholine rings is 1. The van der Waals surface area contributed by atoms with Crippen LogP contribution < -0.4 is 5.32 Å². The molecule has 0 spiro atoms. The van der Waals surface area contributed by atoms with Crippen LogP contribution in [-0.2, 0) is 9.53 Å². The van der Waals surface area contributed by atoms with Crippen LogP contribution in [-0.4, -0.2) is 74.2 Å². The normalized spacial score (nSPS) is 38.6. The molecule has 0 aromatic rings. The van der Waals surface area contributed by atoms with Crippen LogP contribution in [0, 0.1) is 17.3 Å². The van der Waals surface area contributed by atoms with Crippen molar-refractivity contribution >= 4 is 30.7 Å². The largest absolute Gasteiger partial charge is 0.379 e. The first kappa shape index (κ1) is 21.2. The third kappa shape index (κ3) is 3.81. The number of carbonyl (C=O) groups is 1. The van der Waals surface area contributed by atoms with Gasteiger partial charge in [-0.25, -0.2) is 0 Å². The van der Waals surface area contributed by atoms with Gasteiger partial charge in [0, 0.05) is 38.8 Å². The van der Waals surface area contributed by atoms with Crippen molar-refractivity contribution in [1.82, 2.24) is 15.1 Å². The second kappa shape index (κ2) is 8.75. The van der Waals surface area contributed by atoms with E-state index in [9.17, 15) is 4.79 Å². The van der Waals surface area contributed by atoms with E-state index < -0.39 is 0 Å². The number of nitrogens with zero attached hydrogens (tertiary/aromatic N) is 2. The second-order valence-electron chi connectivity index (χ2n) is 8.13. The SMILES string of the molecule is CC1CN(C(=O)[C@@]23CCCC[C@H]2CNC3)CC1N1CCOCC1.Cl.Cl. The maximum Gasteiger partial charge on any atom is 0.230 e. The third-order valence-electron chi connectivity index (χ3n) is 6.84. The maximum absolute atomic E-state index is 13.4. The number of nitrogens with one attached hydrogen (secondary N) is 1. The lowest BCUT2D eigenvalue weighted by atomic mass is 9.67. The molecule has 5 nitrogen and oxygen atoms in total. The standard InChI is InChI=1S/C18H31N3O2.2ClH/c1-14-11-21(12-16(14)20-6-8-23-9-7-20)17(22)18-5-3-2-4-15(18)10-19-13-18;;/h14-16,19H,2-13H2,1H3;2*1H/t14?,15-,16?,18+;;/m0../s1. The van der Waals surface area contributed by atoms with E-state index in [4.69, 9.17) is 4.74 Å². The van der Waals surface area contributed by atoms with E-state index in [1.807, 2.05) is 0 Å².